The molecule has 3 aromatic rings. The quantitative estimate of drug-likeness (QED) is 0.323. The fourth-order valence-corrected chi connectivity index (χ4v) is 6.05. The van der Waals surface area contributed by atoms with Crippen LogP contribution in [0.25, 0.3) is 0 Å². The van der Waals surface area contributed by atoms with Gasteiger partial charge >= 0.3 is 18.0 Å². The van der Waals surface area contributed by atoms with Gasteiger partial charge in [0.25, 0.3) is 0 Å². The van der Waals surface area contributed by atoms with E-state index in [1.54, 1.807) is 0 Å². The average molecular weight is 593 g/mol. The third kappa shape index (κ3) is 5.65. The van der Waals surface area contributed by atoms with Crippen LogP contribution in [0.2, 0.25) is 0 Å². The molecule has 4 atom stereocenters. The molecule has 2 aliphatic heterocycles. The zero-order valence-corrected chi connectivity index (χ0v) is 21.7. The number of nitrogens with one attached hydrogen (secondary N) is 2. The Hall–Kier alpha value is -2.87. The second kappa shape index (κ2) is 11.2. The van der Waals surface area contributed by atoms with E-state index in [0.717, 1.165) is 12.0 Å². The molecule has 14 heteroatoms. The zero-order chi connectivity index (χ0) is 28.0. The molecule has 7 nitrogen and oxygen atoms in total. The lowest BCUT2D eigenvalue weighted by Gasteiger charge is -2.50. The van der Waals surface area contributed by atoms with Crippen molar-refractivity contribution >= 4 is 12.4 Å². The predicted octanol–water partition coefficient (Wildman–Crippen LogP) is 5.33. The molecule has 0 aliphatic carbocycles. The maximum absolute atomic E-state index is 13.5. The molecule has 0 amide bonds. The first-order chi connectivity index (χ1) is 18.4. The molecule has 40 heavy (non-hydrogen) atoms. The standard InChI is InChI=1S/C26H26F6N4O3.ClH/c27-25(28,29)17-10-15(11-18(12-17)26(30,31)32)20(14-37)39-21-7-6-19-8-9-24(21,16-4-2-1-3-5-16)36(19)13-22-33-23(38)35-34-22;/h1-5,10-12,19-21,37H,6-9,13-14H2,(H2,33,34,35,38);1H/t19-,20-,21+,24+;/m0./s1. The van der Waals surface area contributed by atoms with Gasteiger partial charge in [-0.3, -0.25) is 9.88 Å². The lowest BCUT2D eigenvalue weighted by molar-refractivity contribution is -0.147. The summed E-state index contributed by atoms with van der Waals surface area (Å²) in [5, 5.41) is 16.5. The van der Waals surface area contributed by atoms with Crippen LogP contribution in [0.1, 0.15) is 59.9 Å². The molecule has 2 aliphatic rings. The zero-order valence-electron chi connectivity index (χ0n) is 20.9. The van der Waals surface area contributed by atoms with Crippen LogP contribution in [0.15, 0.2) is 53.3 Å². The molecular formula is C26H27ClF6N4O3. The molecule has 3 N–H and O–H groups in total. The van der Waals surface area contributed by atoms with Gasteiger partial charge in [0.05, 0.1) is 35.9 Å². The number of alkyl halides is 6. The average Bonchev–Trinajstić information content (AvgIpc) is 3.41. The van der Waals surface area contributed by atoms with E-state index in [-0.39, 0.29) is 31.1 Å². The number of nitrogens with zero attached hydrogens (tertiary/aromatic N) is 2. The third-order valence-corrected chi connectivity index (χ3v) is 7.73. The summed E-state index contributed by atoms with van der Waals surface area (Å²) in [5.74, 6) is 0.388. The second-order valence-electron chi connectivity index (χ2n) is 9.95. The number of rotatable bonds is 7. The smallest absolute Gasteiger partial charge is 0.393 e. The first-order valence-electron chi connectivity index (χ1n) is 12.4. The minimum Gasteiger partial charge on any atom is -0.393 e. The number of H-pyrrole nitrogens is 2. The number of aliphatic hydroxyl groups is 1. The Kier molecular flexibility index (Phi) is 8.42. The molecule has 0 saturated carbocycles. The van der Waals surface area contributed by atoms with Crippen molar-refractivity contribution in [3.63, 3.8) is 0 Å². The maximum atomic E-state index is 13.5. The molecule has 1 aromatic heterocycles. The first kappa shape index (κ1) is 30.1. The maximum Gasteiger partial charge on any atom is 0.416 e. The van der Waals surface area contributed by atoms with Crippen LogP contribution in [-0.2, 0) is 29.2 Å². The Bertz CT molecular complexity index is 1330. The number of hydrogen-bond acceptors (Lipinski definition) is 5. The number of ether oxygens (including phenoxy) is 1. The highest BCUT2D eigenvalue weighted by molar-refractivity contribution is 5.85. The van der Waals surface area contributed by atoms with E-state index < -0.39 is 59.1 Å². The van der Waals surface area contributed by atoms with Gasteiger partial charge in [-0.15, -0.1) is 12.4 Å². The van der Waals surface area contributed by atoms with Gasteiger partial charge in [0, 0.05) is 6.04 Å². The van der Waals surface area contributed by atoms with Gasteiger partial charge in [0.2, 0.25) is 0 Å². The Morgan fingerprint density at radius 1 is 1.02 bits per heavy atom. The van der Waals surface area contributed by atoms with Gasteiger partial charge in [-0.25, -0.2) is 9.89 Å². The van der Waals surface area contributed by atoms with Crippen LogP contribution in [-0.4, -0.2) is 43.9 Å². The van der Waals surface area contributed by atoms with E-state index in [2.05, 4.69) is 20.1 Å². The summed E-state index contributed by atoms with van der Waals surface area (Å²) in [6.45, 7) is -0.584. The number of benzene rings is 2. The minimum atomic E-state index is -5.03. The van der Waals surface area contributed by atoms with Crippen LogP contribution >= 0.6 is 12.4 Å². The third-order valence-electron chi connectivity index (χ3n) is 7.73. The molecule has 2 saturated heterocycles. The topological polar surface area (TPSA) is 94.2 Å². The number of halogens is 7. The van der Waals surface area contributed by atoms with Crippen LogP contribution in [0.4, 0.5) is 26.3 Å². The van der Waals surface area contributed by atoms with Crippen molar-refractivity contribution in [1.82, 2.24) is 20.1 Å². The molecule has 5 rings (SSSR count). The molecule has 2 aromatic carbocycles. The fraction of sp³-hybridized carbons (Fsp3) is 0.462. The first-order valence-corrected chi connectivity index (χ1v) is 12.4. The van der Waals surface area contributed by atoms with Crippen molar-refractivity contribution in [2.24, 2.45) is 0 Å². The number of fused-ring (bicyclic) bond motifs is 2. The molecule has 218 valence electrons. The number of aromatic amines is 2. The molecule has 2 fully saturated rings. The van der Waals surface area contributed by atoms with Gasteiger partial charge in [-0.2, -0.15) is 31.4 Å². The molecule has 0 spiro atoms. The SMILES string of the molecule is Cl.O=c1[nH]nc(CN2[C@H]3CC[C@@H](O[C@@H](CO)c4cc(C(F)(F)F)cc(C(F)(F)F)c4)[C@]2(c2ccccc2)CC3)[nH]1. The van der Waals surface area contributed by atoms with Crippen LogP contribution in [0, 0.1) is 0 Å². The van der Waals surface area contributed by atoms with Crippen molar-refractivity contribution < 1.29 is 36.2 Å². The minimum absolute atomic E-state index is 0. The number of aliphatic hydroxyl groups excluding tert-OH is 1. The summed E-state index contributed by atoms with van der Waals surface area (Å²) in [6.07, 6.45) is -9.72. The highest BCUT2D eigenvalue weighted by Crippen LogP contribution is 2.53. The van der Waals surface area contributed by atoms with E-state index in [1.807, 2.05) is 30.3 Å². The Morgan fingerprint density at radius 2 is 1.68 bits per heavy atom. The second-order valence-corrected chi connectivity index (χ2v) is 9.95. The Labute approximate surface area is 231 Å². The summed E-state index contributed by atoms with van der Waals surface area (Å²) in [5.41, 5.74) is -3.79. The van der Waals surface area contributed by atoms with Crippen molar-refractivity contribution in [2.75, 3.05) is 6.61 Å². The van der Waals surface area contributed by atoms with E-state index in [4.69, 9.17) is 4.74 Å². The van der Waals surface area contributed by atoms with Crippen LogP contribution in [0.3, 0.4) is 0 Å². The fourth-order valence-electron chi connectivity index (χ4n) is 6.05. The molecule has 0 radical (unpaired) electrons. The molecule has 3 heterocycles. The lowest BCUT2D eigenvalue weighted by atomic mass is 9.78. The van der Waals surface area contributed by atoms with Gasteiger partial charge in [0.15, 0.2) is 0 Å². The largest absolute Gasteiger partial charge is 0.416 e. The van der Waals surface area contributed by atoms with Gasteiger partial charge in [-0.1, -0.05) is 30.3 Å². The molecule has 0 unspecified atom stereocenters. The summed E-state index contributed by atoms with van der Waals surface area (Å²) in [6, 6.07) is 10.6. The normalized spacial score (nSPS) is 24.1. The predicted molar refractivity (Wildman–Crippen MR) is 134 cm³/mol. The summed E-state index contributed by atoms with van der Waals surface area (Å²) in [7, 11) is 0. The van der Waals surface area contributed by atoms with E-state index in [0.29, 0.717) is 37.2 Å². The van der Waals surface area contributed by atoms with Crippen molar-refractivity contribution in [2.45, 2.75) is 68.4 Å². The highest BCUT2D eigenvalue weighted by Gasteiger charge is 2.56. The Morgan fingerprint density at radius 3 is 2.23 bits per heavy atom. The number of piperidine rings is 1. The molecule has 2 bridgehead atoms. The van der Waals surface area contributed by atoms with E-state index in [1.165, 1.54) is 0 Å². The summed E-state index contributed by atoms with van der Waals surface area (Å²) in [4.78, 5) is 16.4. The lowest BCUT2D eigenvalue weighted by Crippen LogP contribution is -2.57. The van der Waals surface area contributed by atoms with Crippen LogP contribution in [0.5, 0.6) is 0 Å². The van der Waals surface area contributed by atoms with Crippen molar-refractivity contribution in [3.8, 4) is 0 Å². The van der Waals surface area contributed by atoms with Gasteiger partial charge in [0.1, 0.15) is 11.9 Å². The summed E-state index contributed by atoms with van der Waals surface area (Å²) < 4.78 is 87.4. The van der Waals surface area contributed by atoms with Crippen LogP contribution < -0.4 is 5.69 Å². The number of hydrogen-bond donors (Lipinski definition) is 3. The van der Waals surface area contributed by atoms with Gasteiger partial charge < -0.3 is 9.84 Å². The van der Waals surface area contributed by atoms with E-state index in [9.17, 15) is 36.2 Å². The Balaban J connectivity index is 0.00000370. The monoisotopic (exact) mass is 592 g/mol. The van der Waals surface area contributed by atoms with Gasteiger partial charge in [-0.05, 0) is 55.0 Å². The van der Waals surface area contributed by atoms with E-state index >= 15 is 0 Å². The highest BCUT2D eigenvalue weighted by atomic mass is 35.5. The number of aromatic nitrogens is 3. The summed E-state index contributed by atoms with van der Waals surface area (Å²) >= 11 is 0. The van der Waals surface area contributed by atoms with Crippen molar-refractivity contribution in [3.05, 3.63) is 87.1 Å². The molecular weight excluding hydrogens is 566 g/mol. The van der Waals surface area contributed by atoms with Crippen molar-refractivity contribution in [1.29, 1.82) is 0 Å².